The Morgan fingerprint density at radius 2 is 2.60 bits per heavy atom. The van der Waals surface area contributed by atoms with Crippen molar-refractivity contribution < 1.29 is 4.79 Å². The number of nitrogens with one attached hydrogen (secondary N) is 1. The third-order valence-corrected chi connectivity index (χ3v) is 2.58. The molecule has 1 unspecified atom stereocenters. The van der Waals surface area contributed by atoms with Gasteiger partial charge >= 0.3 is 0 Å². The van der Waals surface area contributed by atoms with Gasteiger partial charge in [-0.05, 0) is 0 Å². The fourth-order valence-electron chi connectivity index (χ4n) is 0.897. The first kappa shape index (κ1) is 8.01. The number of hydrogen-bond donors (Lipinski definition) is 1. The van der Waals surface area contributed by atoms with E-state index in [1.54, 1.807) is 6.92 Å². The van der Waals surface area contributed by atoms with Gasteiger partial charge < -0.3 is 5.32 Å². The molecule has 0 aromatic carbocycles. The van der Waals surface area contributed by atoms with Crippen LogP contribution in [0.2, 0.25) is 0 Å². The van der Waals surface area contributed by atoms with Crippen molar-refractivity contribution in [2.24, 2.45) is 0 Å². The van der Waals surface area contributed by atoms with Crippen LogP contribution < -0.4 is 5.32 Å². The highest BCUT2D eigenvalue weighted by Crippen LogP contribution is 2.18. The second-order valence-electron chi connectivity index (χ2n) is 2.24. The van der Waals surface area contributed by atoms with Gasteiger partial charge in [-0.2, -0.15) is 0 Å². The Morgan fingerprint density at radius 1 is 1.90 bits per heavy atom. The summed E-state index contributed by atoms with van der Waals surface area (Å²) in [5.74, 6) is 0. The minimum Gasteiger partial charge on any atom is -0.378 e. The minimum atomic E-state index is 0.177. The minimum absolute atomic E-state index is 0.177. The lowest BCUT2D eigenvalue weighted by Gasteiger charge is -2.00. The molecule has 2 nitrogen and oxygen atoms in total. The Kier molecular flexibility index (Phi) is 2.68. The summed E-state index contributed by atoms with van der Waals surface area (Å²) >= 11 is 6.29. The Balaban J connectivity index is 2.31. The maximum Gasteiger partial charge on any atom is 0.186 e. The van der Waals surface area contributed by atoms with Gasteiger partial charge in [0.05, 0.1) is 4.99 Å². The average molecular weight is 175 g/mol. The summed E-state index contributed by atoms with van der Waals surface area (Å²) in [6.45, 7) is 2.44. The Hall–Kier alpha value is -0.0900. The SMILES string of the molecule is CC(=O)SC1CNC(=S)C1. The van der Waals surface area contributed by atoms with Crippen LogP contribution in [0.25, 0.3) is 0 Å². The monoisotopic (exact) mass is 175 g/mol. The van der Waals surface area contributed by atoms with E-state index in [-0.39, 0.29) is 5.12 Å². The van der Waals surface area contributed by atoms with E-state index in [9.17, 15) is 4.79 Å². The Morgan fingerprint density at radius 3 is 3.00 bits per heavy atom. The molecule has 0 aromatic rings. The van der Waals surface area contributed by atoms with Gasteiger partial charge in [0.1, 0.15) is 0 Å². The predicted molar refractivity (Wildman–Crippen MR) is 47.3 cm³/mol. The number of carbonyl (C=O) groups excluding carboxylic acids is 1. The van der Waals surface area contributed by atoms with Crippen molar-refractivity contribution >= 4 is 34.1 Å². The number of hydrogen-bond acceptors (Lipinski definition) is 3. The van der Waals surface area contributed by atoms with Crippen molar-refractivity contribution in [2.75, 3.05) is 6.54 Å². The smallest absolute Gasteiger partial charge is 0.186 e. The molecule has 1 fully saturated rings. The fourth-order valence-corrected chi connectivity index (χ4v) is 2.17. The van der Waals surface area contributed by atoms with E-state index in [2.05, 4.69) is 5.32 Å². The van der Waals surface area contributed by atoms with E-state index in [1.165, 1.54) is 11.8 Å². The van der Waals surface area contributed by atoms with Crippen molar-refractivity contribution in [3.63, 3.8) is 0 Å². The van der Waals surface area contributed by atoms with Crippen LogP contribution in [0.1, 0.15) is 13.3 Å². The Labute approximate surface area is 69.8 Å². The third-order valence-electron chi connectivity index (χ3n) is 1.27. The van der Waals surface area contributed by atoms with Gasteiger partial charge in [0.25, 0.3) is 0 Å². The van der Waals surface area contributed by atoms with Crippen molar-refractivity contribution in [3.8, 4) is 0 Å². The van der Waals surface area contributed by atoms with E-state index in [0.717, 1.165) is 18.0 Å². The molecule has 1 atom stereocenters. The second-order valence-corrected chi connectivity index (χ2v) is 4.21. The molecular weight excluding hydrogens is 166 g/mol. The molecule has 1 saturated heterocycles. The number of carbonyl (C=O) groups is 1. The standard InChI is InChI=1S/C6H9NOS2/c1-4(8)10-5-2-6(9)7-3-5/h5H,2-3H2,1H3,(H,7,9). The molecule has 0 aliphatic carbocycles. The maximum atomic E-state index is 10.6. The van der Waals surface area contributed by atoms with Crippen molar-refractivity contribution in [2.45, 2.75) is 18.6 Å². The number of thiocarbonyl (C=S) groups is 1. The first-order valence-electron chi connectivity index (χ1n) is 3.12. The third kappa shape index (κ3) is 2.27. The quantitative estimate of drug-likeness (QED) is 0.601. The molecule has 4 heteroatoms. The predicted octanol–water partition coefficient (Wildman–Crippen LogP) is 0.955. The van der Waals surface area contributed by atoms with E-state index in [1.807, 2.05) is 0 Å². The van der Waals surface area contributed by atoms with E-state index in [4.69, 9.17) is 12.2 Å². The van der Waals surface area contributed by atoms with E-state index < -0.39 is 0 Å². The summed E-state index contributed by atoms with van der Waals surface area (Å²) in [4.78, 5) is 11.5. The van der Waals surface area contributed by atoms with Crippen LogP contribution in [0.5, 0.6) is 0 Å². The summed E-state index contributed by atoms with van der Waals surface area (Å²) in [7, 11) is 0. The lowest BCUT2D eigenvalue weighted by Crippen LogP contribution is -2.13. The van der Waals surface area contributed by atoms with Crippen LogP contribution in [0, 0.1) is 0 Å². The molecule has 1 N–H and O–H groups in total. The van der Waals surface area contributed by atoms with E-state index >= 15 is 0 Å². The van der Waals surface area contributed by atoms with Gasteiger partial charge in [0.15, 0.2) is 5.12 Å². The number of rotatable bonds is 1. The van der Waals surface area contributed by atoms with Crippen molar-refractivity contribution in [3.05, 3.63) is 0 Å². The van der Waals surface area contributed by atoms with Crippen LogP contribution >= 0.6 is 24.0 Å². The molecule has 1 aliphatic heterocycles. The topological polar surface area (TPSA) is 29.1 Å². The van der Waals surface area contributed by atoms with Gasteiger partial charge in [0, 0.05) is 25.1 Å². The molecule has 0 bridgehead atoms. The lowest BCUT2D eigenvalue weighted by atomic mass is 10.4. The maximum absolute atomic E-state index is 10.6. The first-order chi connectivity index (χ1) is 4.68. The highest BCUT2D eigenvalue weighted by Gasteiger charge is 2.20. The molecule has 0 aromatic heterocycles. The van der Waals surface area contributed by atoms with Gasteiger partial charge in [0.2, 0.25) is 0 Å². The van der Waals surface area contributed by atoms with Crippen molar-refractivity contribution in [1.82, 2.24) is 5.32 Å². The summed E-state index contributed by atoms with van der Waals surface area (Å²) in [5.41, 5.74) is 0. The van der Waals surface area contributed by atoms with Gasteiger partial charge in [-0.3, -0.25) is 4.79 Å². The summed E-state index contributed by atoms with van der Waals surface area (Å²) in [6, 6.07) is 0. The molecular formula is C6H9NOS2. The highest BCUT2D eigenvalue weighted by molar-refractivity contribution is 8.14. The van der Waals surface area contributed by atoms with Crippen LogP contribution in [0.3, 0.4) is 0 Å². The van der Waals surface area contributed by atoms with Crippen LogP contribution in [0.15, 0.2) is 0 Å². The molecule has 1 heterocycles. The largest absolute Gasteiger partial charge is 0.378 e. The molecule has 0 saturated carbocycles. The average Bonchev–Trinajstić information content (AvgIpc) is 2.13. The molecule has 0 amide bonds. The number of thioether (sulfide) groups is 1. The van der Waals surface area contributed by atoms with Gasteiger partial charge in [-0.1, -0.05) is 24.0 Å². The first-order valence-corrected chi connectivity index (χ1v) is 4.41. The van der Waals surface area contributed by atoms with Crippen LogP contribution in [0.4, 0.5) is 0 Å². The summed E-state index contributed by atoms with van der Waals surface area (Å²) in [6.07, 6.45) is 0.861. The lowest BCUT2D eigenvalue weighted by molar-refractivity contribution is -0.109. The molecule has 1 rings (SSSR count). The molecule has 56 valence electrons. The molecule has 0 spiro atoms. The fraction of sp³-hybridized carbons (Fsp3) is 0.667. The molecule has 1 aliphatic rings. The summed E-state index contributed by atoms with van der Waals surface area (Å²) < 4.78 is 0. The zero-order chi connectivity index (χ0) is 7.56. The zero-order valence-corrected chi connectivity index (χ0v) is 7.35. The van der Waals surface area contributed by atoms with Gasteiger partial charge in [-0.15, -0.1) is 0 Å². The zero-order valence-electron chi connectivity index (χ0n) is 5.72. The van der Waals surface area contributed by atoms with Gasteiger partial charge in [-0.25, -0.2) is 0 Å². The molecule has 0 radical (unpaired) electrons. The highest BCUT2D eigenvalue weighted by atomic mass is 32.2. The van der Waals surface area contributed by atoms with Crippen LogP contribution in [-0.4, -0.2) is 21.9 Å². The van der Waals surface area contributed by atoms with E-state index in [0.29, 0.717) is 5.25 Å². The second kappa shape index (κ2) is 3.34. The summed E-state index contributed by atoms with van der Waals surface area (Å²) in [5, 5.41) is 3.59. The molecule has 10 heavy (non-hydrogen) atoms. The van der Waals surface area contributed by atoms with Crippen LogP contribution in [-0.2, 0) is 4.79 Å². The Bertz CT molecular complexity index is 169. The normalized spacial score (nSPS) is 24.5. The van der Waals surface area contributed by atoms with Crippen molar-refractivity contribution in [1.29, 1.82) is 0 Å².